The molecule has 0 aliphatic rings. The van der Waals surface area contributed by atoms with Crippen LogP contribution in [0.1, 0.15) is 77.2 Å². The van der Waals surface area contributed by atoms with E-state index in [1.807, 2.05) is 36.4 Å². The Kier molecular flexibility index (Phi) is 8.31. The molecule has 0 spiro atoms. The van der Waals surface area contributed by atoms with Crippen LogP contribution in [0.3, 0.4) is 0 Å². The molecule has 0 unspecified atom stereocenters. The second-order valence-electron chi connectivity index (χ2n) is 9.17. The molecular formula is C26H38O3Si. The van der Waals surface area contributed by atoms with E-state index in [-0.39, 0.29) is 0 Å². The van der Waals surface area contributed by atoms with E-state index >= 15 is 0 Å². The van der Waals surface area contributed by atoms with Crippen LogP contribution in [0, 0.1) is 0 Å². The summed E-state index contributed by atoms with van der Waals surface area (Å²) in [6.07, 6.45) is 2.91. The monoisotopic (exact) mass is 426 g/mol. The molecule has 2 rings (SSSR count). The summed E-state index contributed by atoms with van der Waals surface area (Å²) in [6, 6.07) is 13.8. The van der Waals surface area contributed by atoms with Gasteiger partial charge in [-0.1, -0.05) is 97.4 Å². The molecule has 0 radical (unpaired) electrons. The molecule has 30 heavy (non-hydrogen) atoms. The maximum atomic E-state index is 12.6. The molecule has 164 valence electrons. The molecule has 0 aliphatic carbocycles. The van der Waals surface area contributed by atoms with Gasteiger partial charge in [-0.25, -0.2) is 4.79 Å². The molecule has 0 aromatic heterocycles. The summed E-state index contributed by atoms with van der Waals surface area (Å²) >= 11 is 0. The van der Waals surface area contributed by atoms with Gasteiger partial charge in [-0.15, -0.1) is 0 Å². The minimum Gasteiger partial charge on any atom is -0.542 e. The van der Waals surface area contributed by atoms with Crippen LogP contribution in [0.2, 0.25) is 16.6 Å². The zero-order valence-electron chi connectivity index (χ0n) is 19.7. The van der Waals surface area contributed by atoms with Crippen LogP contribution in [0.15, 0.2) is 42.5 Å². The zero-order valence-corrected chi connectivity index (χ0v) is 20.7. The lowest BCUT2D eigenvalue weighted by atomic mass is 9.94. The number of hydrogen-bond donors (Lipinski definition) is 1. The van der Waals surface area contributed by atoms with Crippen molar-refractivity contribution in [3.05, 3.63) is 53.6 Å². The molecule has 0 amide bonds. The first kappa shape index (κ1) is 24.2. The van der Waals surface area contributed by atoms with Gasteiger partial charge in [0.05, 0.1) is 0 Å². The van der Waals surface area contributed by atoms with Gasteiger partial charge in [-0.3, -0.25) is 0 Å². The lowest BCUT2D eigenvalue weighted by Crippen LogP contribution is -2.51. The van der Waals surface area contributed by atoms with E-state index in [2.05, 4.69) is 54.5 Å². The van der Waals surface area contributed by atoms with Gasteiger partial charge in [0, 0.05) is 0 Å². The highest BCUT2D eigenvalue weighted by molar-refractivity contribution is 6.78. The predicted octanol–water partition coefficient (Wildman–Crippen LogP) is 7.95. The fourth-order valence-corrected chi connectivity index (χ4v) is 10.2. The summed E-state index contributed by atoms with van der Waals surface area (Å²) in [7, 11) is -2.30. The van der Waals surface area contributed by atoms with Crippen LogP contribution >= 0.6 is 0 Å². The lowest BCUT2D eigenvalue weighted by molar-refractivity contribution is 0.0695. The van der Waals surface area contributed by atoms with E-state index in [1.165, 1.54) is 0 Å². The van der Waals surface area contributed by atoms with Gasteiger partial charge in [0.15, 0.2) is 0 Å². The summed E-state index contributed by atoms with van der Waals surface area (Å²) in [6.45, 7) is 15.6. The van der Waals surface area contributed by atoms with Gasteiger partial charge in [-0.2, -0.15) is 0 Å². The van der Waals surface area contributed by atoms with Crippen LogP contribution in [-0.4, -0.2) is 19.4 Å². The Morgan fingerprint density at radius 2 is 1.50 bits per heavy atom. The van der Waals surface area contributed by atoms with Crippen molar-refractivity contribution in [3.63, 3.8) is 0 Å². The van der Waals surface area contributed by atoms with Crippen molar-refractivity contribution in [1.29, 1.82) is 0 Å². The second kappa shape index (κ2) is 10.3. The molecule has 4 heteroatoms. The highest BCUT2D eigenvalue weighted by Gasteiger charge is 2.48. The normalized spacial score (nSPS) is 12.1. The highest BCUT2D eigenvalue weighted by Crippen LogP contribution is 2.46. The average Bonchev–Trinajstić information content (AvgIpc) is 2.69. The van der Waals surface area contributed by atoms with Gasteiger partial charge >= 0.3 is 5.97 Å². The van der Waals surface area contributed by atoms with Crippen LogP contribution in [0.25, 0.3) is 11.1 Å². The summed E-state index contributed by atoms with van der Waals surface area (Å²) in [5.41, 5.74) is 4.10. The molecule has 3 nitrogen and oxygen atoms in total. The number of carbonyl (C=O) groups is 1. The molecule has 0 saturated carbocycles. The third-order valence-corrected chi connectivity index (χ3v) is 12.3. The maximum absolute atomic E-state index is 12.6. The lowest BCUT2D eigenvalue weighted by Gasteiger charge is -2.43. The number of hydrogen-bond acceptors (Lipinski definition) is 2. The molecule has 0 heterocycles. The first-order chi connectivity index (χ1) is 14.2. The SMILES string of the molecule is CCCCc1ccc(-c2ccccc2)c(C(=O)O)c1O[Si](C(C)C)(C(C)C)C(C)C. The fourth-order valence-electron chi connectivity index (χ4n) is 4.91. The third-order valence-electron chi connectivity index (χ3n) is 6.32. The minimum atomic E-state index is -2.30. The summed E-state index contributed by atoms with van der Waals surface area (Å²) in [5.74, 6) is -0.304. The Morgan fingerprint density at radius 3 is 1.97 bits per heavy atom. The number of rotatable bonds is 10. The van der Waals surface area contributed by atoms with Gasteiger partial charge < -0.3 is 9.53 Å². The predicted molar refractivity (Wildman–Crippen MR) is 129 cm³/mol. The summed E-state index contributed by atoms with van der Waals surface area (Å²) < 4.78 is 7.03. The molecule has 0 aliphatic heterocycles. The van der Waals surface area contributed by atoms with Crippen molar-refractivity contribution < 1.29 is 14.3 Å². The Balaban J connectivity index is 2.80. The van der Waals surface area contributed by atoms with Gasteiger partial charge in [0.25, 0.3) is 8.32 Å². The Labute approximate surface area is 183 Å². The van der Waals surface area contributed by atoms with Crippen molar-refractivity contribution in [2.45, 2.75) is 84.4 Å². The Bertz CT molecular complexity index is 819. The van der Waals surface area contributed by atoms with Crippen molar-refractivity contribution in [2.24, 2.45) is 0 Å². The Morgan fingerprint density at radius 1 is 0.933 bits per heavy atom. The summed E-state index contributed by atoms with van der Waals surface area (Å²) in [5, 5.41) is 10.3. The highest BCUT2D eigenvalue weighted by atomic mass is 28.4. The van der Waals surface area contributed by atoms with Gasteiger partial charge in [-0.05, 0) is 46.2 Å². The number of aryl methyl sites for hydroxylation is 1. The van der Waals surface area contributed by atoms with Crippen molar-refractivity contribution in [2.75, 3.05) is 0 Å². The molecule has 0 saturated heterocycles. The van der Waals surface area contributed by atoms with Crippen LogP contribution < -0.4 is 4.43 Å². The van der Waals surface area contributed by atoms with E-state index in [0.29, 0.717) is 27.9 Å². The quantitative estimate of drug-likeness (QED) is 0.392. The minimum absolute atomic E-state index is 0.314. The molecule has 0 fully saturated rings. The van der Waals surface area contributed by atoms with E-state index in [4.69, 9.17) is 4.43 Å². The third kappa shape index (κ3) is 4.80. The number of carboxylic acids is 1. The Hall–Kier alpha value is -2.07. The number of benzene rings is 2. The number of aromatic carboxylic acids is 1. The van der Waals surface area contributed by atoms with E-state index in [9.17, 15) is 9.90 Å². The van der Waals surface area contributed by atoms with E-state index in [0.717, 1.165) is 36.0 Å². The average molecular weight is 427 g/mol. The van der Waals surface area contributed by atoms with Crippen LogP contribution in [-0.2, 0) is 6.42 Å². The number of unbranched alkanes of at least 4 members (excludes halogenated alkanes) is 1. The van der Waals surface area contributed by atoms with E-state index in [1.54, 1.807) is 0 Å². The first-order valence-corrected chi connectivity index (χ1v) is 13.4. The van der Waals surface area contributed by atoms with Crippen LogP contribution in [0.4, 0.5) is 0 Å². The molecular weight excluding hydrogens is 388 g/mol. The number of carboxylic acid groups (broad SMARTS) is 1. The molecule has 0 bridgehead atoms. The molecule has 2 aromatic rings. The smallest absolute Gasteiger partial charge is 0.340 e. The second-order valence-corrected chi connectivity index (χ2v) is 14.5. The maximum Gasteiger partial charge on any atom is 0.340 e. The van der Waals surface area contributed by atoms with Crippen LogP contribution in [0.5, 0.6) is 5.75 Å². The van der Waals surface area contributed by atoms with Gasteiger partial charge in [0.2, 0.25) is 0 Å². The van der Waals surface area contributed by atoms with Gasteiger partial charge in [0.1, 0.15) is 11.3 Å². The first-order valence-electron chi connectivity index (χ1n) is 11.3. The largest absolute Gasteiger partial charge is 0.542 e. The fraction of sp³-hybridized carbons (Fsp3) is 0.500. The molecule has 2 aromatic carbocycles. The standard InChI is InChI=1S/C26H38O3Si/c1-8-9-13-22-16-17-23(21-14-11-10-12-15-21)24(26(27)28)25(22)29-30(18(2)3,19(4)5)20(6)7/h10-12,14-20H,8-9,13H2,1-7H3,(H,27,28). The van der Waals surface area contributed by atoms with Crippen molar-refractivity contribution >= 4 is 14.3 Å². The molecule has 1 N–H and O–H groups in total. The zero-order chi connectivity index (χ0) is 22.5. The topological polar surface area (TPSA) is 46.5 Å². The van der Waals surface area contributed by atoms with E-state index < -0.39 is 14.3 Å². The van der Waals surface area contributed by atoms with Crippen molar-refractivity contribution in [3.8, 4) is 16.9 Å². The molecule has 0 atom stereocenters. The van der Waals surface area contributed by atoms with Crippen molar-refractivity contribution in [1.82, 2.24) is 0 Å². The summed E-state index contributed by atoms with van der Waals surface area (Å²) in [4.78, 5) is 12.6.